The third-order valence-electron chi connectivity index (χ3n) is 4.44. The van der Waals surface area contributed by atoms with Gasteiger partial charge in [-0.1, -0.05) is 28.8 Å². The van der Waals surface area contributed by atoms with Gasteiger partial charge in [0.1, 0.15) is 15.6 Å². The van der Waals surface area contributed by atoms with E-state index in [0.29, 0.717) is 5.56 Å². The minimum Gasteiger partial charge on any atom is -0.462 e. The van der Waals surface area contributed by atoms with Gasteiger partial charge in [0.05, 0.1) is 29.4 Å². The van der Waals surface area contributed by atoms with Crippen LogP contribution < -0.4 is 5.32 Å². The third kappa shape index (κ3) is 5.86. The molecule has 0 bridgehead atoms. The molecule has 2 aromatic heterocycles. The summed E-state index contributed by atoms with van der Waals surface area (Å²) in [7, 11) is -4.35. The van der Waals surface area contributed by atoms with Gasteiger partial charge >= 0.3 is 17.2 Å². The van der Waals surface area contributed by atoms with Gasteiger partial charge in [0.2, 0.25) is 21.6 Å². The molecule has 14 heteroatoms. The maximum absolute atomic E-state index is 12.7. The molecule has 0 unspecified atom stereocenters. The Morgan fingerprint density at radius 1 is 1.09 bits per heavy atom. The lowest BCUT2D eigenvalue weighted by Crippen LogP contribution is -2.24. The van der Waals surface area contributed by atoms with E-state index in [9.17, 15) is 22.8 Å². The van der Waals surface area contributed by atoms with Crippen LogP contribution in [0, 0.1) is 6.92 Å². The molecule has 2 heterocycles. The van der Waals surface area contributed by atoms with Crippen LogP contribution in [0.2, 0.25) is 5.02 Å². The number of carbonyl (C=O) groups is 3. The Hall–Kier alpha value is -3.29. The normalized spacial score (nSPS) is 11.2. The van der Waals surface area contributed by atoms with Crippen LogP contribution in [0.15, 0.2) is 33.9 Å². The first-order valence-electron chi connectivity index (χ1n) is 10.2. The molecule has 0 saturated carbocycles. The Bertz CT molecular complexity index is 1380. The number of hydrogen-bond acceptors (Lipinski definition) is 11. The number of ether oxygens (including phenoxy) is 2. The average Bonchev–Trinajstić information content (AvgIpc) is 3.40. The molecule has 0 aliphatic rings. The Balaban J connectivity index is 1.85. The first kappa shape index (κ1) is 26.3. The van der Waals surface area contributed by atoms with Gasteiger partial charge in [0.15, 0.2) is 0 Å². The van der Waals surface area contributed by atoms with Crippen LogP contribution >= 0.6 is 22.9 Å². The zero-order valence-electron chi connectivity index (χ0n) is 18.8. The molecule has 3 rings (SSSR count). The van der Waals surface area contributed by atoms with Crippen molar-refractivity contribution in [2.75, 3.05) is 24.3 Å². The first-order chi connectivity index (χ1) is 16.6. The van der Waals surface area contributed by atoms with Gasteiger partial charge in [-0.05, 0) is 38.5 Å². The van der Waals surface area contributed by atoms with E-state index in [2.05, 4.69) is 15.5 Å². The molecule has 0 spiro atoms. The molecule has 0 saturated heterocycles. The van der Waals surface area contributed by atoms with E-state index in [1.54, 1.807) is 38.1 Å². The summed E-state index contributed by atoms with van der Waals surface area (Å²) >= 11 is 6.84. The van der Waals surface area contributed by atoms with Gasteiger partial charge in [-0.15, -0.1) is 16.4 Å². The van der Waals surface area contributed by atoms with Crippen molar-refractivity contribution in [3.63, 3.8) is 0 Å². The molecule has 1 aromatic carbocycles. The highest BCUT2D eigenvalue weighted by atomic mass is 35.5. The predicted octanol–water partition coefficient (Wildman–Crippen LogP) is 3.53. The quantitative estimate of drug-likeness (QED) is 0.397. The topological polar surface area (TPSA) is 155 Å². The number of thiophene rings is 1. The maximum Gasteiger partial charge on any atom is 0.348 e. The smallest absolute Gasteiger partial charge is 0.348 e. The number of esters is 2. The molecule has 0 fully saturated rings. The van der Waals surface area contributed by atoms with Crippen molar-refractivity contribution in [1.29, 1.82) is 0 Å². The Morgan fingerprint density at radius 2 is 1.74 bits per heavy atom. The molecule has 35 heavy (non-hydrogen) atoms. The molecule has 1 N–H and O–H groups in total. The lowest BCUT2D eigenvalue weighted by atomic mass is 10.1. The van der Waals surface area contributed by atoms with Crippen LogP contribution in [-0.4, -0.2) is 55.4 Å². The van der Waals surface area contributed by atoms with Crippen LogP contribution in [0.4, 0.5) is 5.00 Å². The number of halogens is 1. The number of sulfone groups is 1. The van der Waals surface area contributed by atoms with Crippen molar-refractivity contribution in [3.05, 3.63) is 45.3 Å². The van der Waals surface area contributed by atoms with E-state index in [0.717, 1.165) is 11.3 Å². The summed E-state index contributed by atoms with van der Waals surface area (Å²) in [6.07, 6.45) is 0. The van der Waals surface area contributed by atoms with Gasteiger partial charge in [-0.3, -0.25) is 4.79 Å². The van der Waals surface area contributed by atoms with E-state index in [1.807, 2.05) is 0 Å². The second-order valence-electron chi connectivity index (χ2n) is 6.86. The standard InChI is InChI=1S/C21H20ClN3O8S2/c1-4-31-19(27)15-11(3)16(20(28)32-5-2)34-18(15)23-14(26)10-35(29,30)21-25-24-17(33-21)12-8-6-7-9-13(12)22/h6-9H,4-5,10H2,1-3H3,(H,23,26). The number of aromatic nitrogens is 2. The highest BCUT2D eigenvalue weighted by Crippen LogP contribution is 2.34. The van der Waals surface area contributed by atoms with E-state index < -0.39 is 38.7 Å². The van der Waals surface area contributed by atoms with Gasteiger partial charge in [0.25, 0.3) is 0 Å². The summed E-state index contributed by atoms with van der Waals surface area (Å²) in [5.41, 5.74) is 0.503. The number of carbonyl (C=O) groups excluding carboxylic acids is 3. The van der Waals surface area contributed by atoms with Crippen molar-refractivity contribution in [3.8, 4) is 11.5 Å². The van der Waals surface area contributed by atoms with Gasteiger partial charge in [0, 0.05) is 0 Å². The highest BCUT2D eigenvalue weighted by Gasteiger charge is 2.30. The van der Waals surface area contributed by atoms with Crippen molar-refractivity contribution in [1.82, 2.24) is 10.2 Å². The maximum atomic E-state index is 12.7. The minimum atomic E-state index is -4.35. The van der Waals surface area contributed by atoms with Crippen LogP contribution in [0.3, 0.4) is 0 Å². The van der Waals surface area contributed by atoms with Gasteiger partial charge in [-0.2, -0.15) is 0 Å². The number of amides is 1. The van der Waals surface area contributed by atoms with Crippen molar-refractivity contribution >= 4 is 55.6 Å². The highest BCUT2D eigenvalue weighted by molar-refractivity contribution is 7.91. The van der Waals surface area contributed by atoms with Crippen molar-refractivity contribution in [2.24, 2.45) is 0 Å². The first-order valence-corrected chi connectivity index (χ1v) is 13.0. The fourth-order valence-electron chi connectivity index (χ4n) is 2.92. The van der Waals surface area contributed by atoms with Crippen LogP contribution in [0.5, 0.6) is 0 Å². The summed E-state index contributed by atoms with van der Waals surface area (Å²) < 4.78 is 40.6. The molecule has 1 amide bonds. The largest absolute Gasteiger partial charge is 0.462 e. The Labute approximate surface area is 209 Å². The second-order valence-corrected chi connectivity index (χ2v) is 10.2. The molecule has 0 aliphatic heterocycles. The fraction of sp³-hybridized carbons (Fsp3) is 0.286. The molecular weight excluding hydrogens is 522 g/mol. The number of benzene rings is 1. The Kier molecular flexibility index (Phi) is 8.25. The lowest BCUT2D eigenvalue weighted by Gasteiger charge is -2.07. The van der Waals surface area contributed by atoms with Gasteiger partial charge in [-0.25, -0.2) is 18.0 Å². The fourth-order valence-corrected chi connectivity index (χ4v) is 5.15. The predicted molar refractivity (Wildman–Crippen MR) is 126 cm³/mol. The van der Waals surface area contributed by atoms with E-state index in [1.165, 1.54) is 6.92 Å². The van der Waals surface area contributed by atoms with Crippen LogP contribution in [0.1, 0.15) is 39.4 Å². The number of anilines is 1. The monoisotopic (exact) mass is 541 g/mol. The lowest BCUT2D eigenvalue weighted by molar-refractivity contribution is -0.113. The van der Waals surface area contributed by atoms with E-state index in [4.69, 9.17) is 25.5 Å². The zero-order chi connectivity index (χ0) is 25.8. The average molecular weight is 542 g/mol. The molecule has 0 atom stereocenters. The molecule has 186 valence electrons. The van der Waals surface area contributed by atoms with Crippen molar-refractivity contribution in [2.45, 2.75) is 26.0 Å². The minimum absolute atomic E-state index is 0.0495. The summed E-state index contributed by atoms with van der Waals surface area (Å²) in [5.74, 6) is -3.66. The molecule has 3 aromatic rings. The van der Waals surface area contributed by atoms with Crippen LogP contribution in [0.25, 0.3) is 11.5 Å². The van der Waals surface area contributed by atoms with Gasteiger partial charge < -0.3 is 19.2 Å². The number of rotatable bonds is 9. The second kappa shape index (κ2) is 11.0. The van der Waals surface area contributed by atoms with E-state index in [-0.39, 0.29) is 45.1 Å². The summed E-state index contributed by atoms with van der Waals surface area (Å²) in [6.45, 7) is 4.87. The number of nitrogens with one attached hydrogen (secondary N) is 1. The number of nitrogens with zero attached hydrogens (tertiary/aromatic N) is 2. The molecule has 0 aliphatic carbocycles. The van der Waals surface area contributed by atoms with Crippen molar-refractivity contribution < 1.29 is 36.7 Å². The SMILES string of the molecule is CCOC(=O)c1sc(NC(=O)CS(=O)(=O)c2nnc(-c3ccccc3Cl)o2)c(C(=O)OCC)c1C. The molecular formula is C21H20ClN3O8S2. The third-order valence-corrected chi connectivity index (χ3v) is 7.29. The van der Waals surface area contributed by atoms with E-state index >= 15 is 0 Å². The Morgan fingerprint density at radius 3 is 2.40 bits per heavy atom. The summed E-state index contributed by atoms with van der Waals surface area (Å²) in [6, 6.07) is 6.46. The zero-order valence-corrected chi connectivity index (χ0v) is 21.2. The molecule has 0 radical (unpaired) electrons. The number of hydrogen-bond donors (Lipinski definition) is 1. The van der Waals surface area contributed by atoms with Crippen LogP contribution in [-0.2, 0) is 24.1 Å². The summed E-state index contributed by atoms with van der Waals surface area (Å²) in [4.78, 5) is 37.4. The summed E-state index contributed by atoms with van der Waals surface area (Å²) in [5, 5.41) is 9.02. The molecule has 11 nitrogen and oxygen atoms in total.